The van der Waals surface area contributed by atoms with Crippen molar-refractivity contribution in [3.05, 3.63) is 63.9 Å². The van der Waals surface area contributed by atoms with Crippen molar-refractivity contribution in [3.8, 4) is 0 Å². The van der Waals surface area contributed by atoms with Crippen LogP contribution in [0.2, 0.25) is 19.6 Å². The van der Waals surface area contributed by atoms with Gasteiger partial charge in [-0.25, -0.2) is 9.59 Å². The van der Waals surface area contributed by atoms with Gasteiger partial charge in [-0.3, -0.25) is 4.79 Å². The van der Waals surface area contributed by atoms with E-state index < -0.39 is 20.0 Å². The van der Waals surface area contributed by atoms with Crippen molar-refractivity contribution in [1.82, 2.24) is 5.32 Å². The van der Waals surface area contributed by atoms with E-state index in [2.05, 4.69) is 25.0 Å². The quantitative estimate of drug-likeness (QED) is 0.455. The second-order valence-corrected chi connectivity index (χ2v) is 13.1. The molecule has 1 heterocycles. The summed E-state index contributed by atoms with van der Waals surface area (Å²) in [5.41, 5.74) is 3.10. The molecule has 1 aliphatic rings. The van der Waals surface area contributed by atoms with Gasteiger partial charge in [-0.15, -0.1) is 0 Å². The molecule has 160 valence electrons. The minimum absolute atomic E-state index is 0.0942. The molecule has 7 heteroatoms. The SMILES string of the molecule is COC(=O)C=C1CCNC(=O)Cc2ccccc2/C=C([Si](C)(C)C)\C1=C\C(=O)OC. The van der Waals surface area contributed by atoms with Gasteiger partial charge in [-0.1, -0.05) is 55.2 Å². The maximum atomic E-state index is 12.4. The summed E-state index contributed by atoms with van der Waals surface area (Å²) < 4.78 is 9.72. The maximum absolute atomic E-state index is 12.4. The summed E-state index contributed by atoms with van der Waals surface area (Å²) in [7, 11) is 0.618. The van der Waals surface area contributed by atoms with Gasteiger partial charge in [0.05, 0.1) is 28.7 Å². The lowest BCUT2D eigenvalue weighted by Crippen LogP contribution is -2.28. The van der Waals surface area contributed by atoms with Crippen LogP contribution < -0.4 is 5.32 Å². The zero-order valence-corrected chi connectivity index (χ0v) is 19.2. The van der Waals surface area contributed by atoms with Crippen molar-refractivity contribution in [2.24, 2.45) is 0 Å². The summed E-state index contributed by atoms with van der Waals surface area (Å²) in [5, 5.41) is 3.89. The molecule has 0 fully saturated rings. The molecule has 0 unspecified atom stereocenters. The molecule has 0 saturated heterocycles. The van der Waals surface area contributed by atoms with Gasteiger partial charge in [0.2, 0.25) is 5.91 Å². The van der Waals surface area contributed by atoms with Gasteiger partial charge in [0.1, 0.15) is 0 Å². The van der Waals surface area contributed by atoms with Crippen LogP contribution in [0.1, 0.15) is 17.5 Å². The fourth-order valence-corrected chi connectivity index (χ4v) is 4.90. The van der Waals surface area contributed by atoms with Gasteiger partial charge in [0.25, 0.3) is 0 Å². The van der Waals surface area contributed by atoms with Gasteiger partial charge in [-0.2, -0.15) is 0 Å². The number of ether oxygens (including phenoxy) is 2. The van der Waals surface area contributed by atoms with Crippen molar-refractivity contribution in [3.63, 3.8) is 0 Å². The first-order chi connectivity index (χ1) is 14.2. The van der Waals surface area contributed by atoms with Crippen LogP contribution in [0.4, 0.5) is 0 Å². The number of amides is 1. The number of fused-ring (bicyclic) bond motifs is 1. The van der Waals surface area contributed by atoms with Crippen LogP contribution in [-0.4, -0.2) is 46.7 Å². The summed E-state index contributed by atoms with van der Waals surface area (Å²) in [6.45, 7) is 6.85. The number of carbonyl (C=O) groups is 3. The van der Waals surface area contributed by atoms with Crippen molar-refractivity contribution in [2.45, 2.75) is 32.5 Å². The van der Waals surface area contributed by atoms with E-state index in [1.165, 1.54) is 26.4 Å². The molecule has 0 spiro atoms. The average molecular weight is 428 g/mol. The number of hydrogen-bond donors (Lipinski definition) is 1. The van der Waals surface area contributed by atoms with Gasteiger partial charge in [0.15, 0.2) is 0 Å². The van der Waals surface area contributed by atoms with Crippen molar-refractivity contribution >= 4 is 32.0 Å². The number of benzene rings is 1. The number of carbonyl (C=O) groups excluding carboxylic acids is 3. The third kappa shape index (κ3) is 6.28. The molecule has 0 bridgehead atoms. The first-order valence-electron chi connectivity index (χ1n) is 9.81. The maximum Gasteiger partial charge on any atom is 0.331 e. The fourth-order valence-electron chi connectivity index (χ4n) is 3.27. The fraction of sp³-hybridized carbons (Fsp3) is 0.348. The van der Waals surface area contributed by atoms with Crippen molar-refractivity contribution in [1.29, 1.82) is 0 Å². The molecule has 1 N–H and O–H groups in total. The molecular formula is C23H29NO5Si. The van der Waals surface area contributed by atoms with Crippen LogP contribution in [0.5, 0.6) is 0 Å². The molecule has 0 radical (unpaired) electrons. The molecule has 0 aliphatic carbocycles. The molecule has 0 aromatic heterocycles. The first kappa shape index (κ1) is 23.3. The molecular weight excluding hydrogens is 398 g/mol. The third-order valence-corrected chi connectivity index (χ3v) is 6.85. The highest BCUT2D eigenvalue weighted by atomic mass is 28.3. The monoisotopic (exact) mass is 427 g/mol. The zero-order chi connectivity index (χ0) is 22.3. The highest BCUT2D eigenvalue weighted by Gasteiger charge is 2.27. The Kier molecular flexibility index (Phi) is 7.94. The van der Waals surface area contributed by atoms with E-state index in [0.29, 0.717) is 24.1 Å². The standard InChI is InChI=1S/C23H29NO5Si/c1-28-22(26)14-18-10-11-24-21(25)13-17-9-7-6-8-16(17)12-20(30(3,4)5)19(18)15-23(27)29-2/h6-9,12,14-15H,10-11,13H2,1-5H3,(H,24,25)/b18-14?,19-15+,20-12+. The lowest BCUT2D eigenvalue weighted by molar-refractivity contribution is -0.135. The molecule has 1 amide bonds. The number of rotatable bonds is 3. The largest absolute Gasteiger partial charge is 0.466 e. The van der Waals surface area contributed by atoms with Crippen LogP contribution in [0, 0.1) is 0 Å². The average Bonchev–Trinajstić information content (AvgIpc) is 2.71. The van der Waals surface area contributed by atoms with Crippen LogP contribution in [0.15, 0.2) is 52.8 Å². The van der Waals surface area contributed by atoms with Gasteiger partial charge in [0, 0.05) is 18.7 Å². The van der Waals surface area contributed by atoms with E-state index in [0.717, 1.165) is 16.3 Å². The normalized spacial score (nSPS) is 19.8. The first-order valence-corrected chi connectivity index (χ1v) is 13.3. The van der Waals surface area contributed by atoms with Crippen LogP contribution >= 0.6 is 0 Å². The number of methoxy groups -OCH3 is 2. The second kappa shape index (κ2) is 10.2. The Morgan fingerprint density at radius 3 is 2.30 bits per heavy atom. The minimum atomic E-state index is -2.01. The van der Waals surface area contributed by atoms with E-state index >= 15 is 0 Å². The Morgan fingerprint density at radius 2 is 1.67 bits per heavy atom. The van der Waals surface area contributed by atoms with Gasteiger partial charge < -0.3 is 14.8 Å². The summed E-state index contributed by atoms with van der Waals surface area (Å²) in [6.07, 6.45) is 5.50. The minimum Gasteiger partial charge on any atom is -0.466 e. The summed E-state index contributed by atoms with van der Waals surface area (Å²) in [4.78, 5) is 36.8. The molecule has 1 aromatic carbocycles. The summed E-state index contributed by atoms with van der Waals surface area (Å²) in [5.74, 6) is -1.11. The predicted molar refractivity (Wildman–Crippen MR) is 119 cm³/mol. The zero-order valence-electron chi connectivity index (χ0n) is 18.2. The lowest BCUT2D eigenvalue weighted by atomic mass is 9.98. The number of hydrogen-bond acceptors (Lipinski definition) is 5. The highest BCUT2D eigenvalue weighted by molar-refractivity contribution is 6.84. The number of allylic oxidation sites excluding steroid dienone is 2. The van der Waals surface area contributed by atoms with Gasteiger partial charge >= 0.3 is 11.9 Å². The number of esters is 2. The molecule has 1 aromatic rings. The topological polar surface area (TPSA) is 81.7 Å². The van der Waals surface area contributed by atoms with Crippen molar-refractivity contribution in [2.75, 3.05) is 20.8 Å². The Bertz CT molecular complexity index is 922. The molecule has 0 saturated carbocycles. The molecule has 0 atom stereocenters. The van der Waals surface area contributed by atoms with E-state index in [1.807, 2.05) is 30.3 Å². The smallest absolute Gasteiger partial charge is 0.331 e. The number of nitrogens with one attached hydrogen (secondary N) is 1. The molecule has 6 nitrogen and oxygen atoms in total. The van der Waals surface area contributed by atoms with Crippen molar-refractivity contribution < 1.29 is 23.9 Å². The van der Waals surface area contributed by atoms with Crippen LogP contribution in [0.3, 0.4) is 0 Å². The lowest BCUT2D eigenvalue weighted by Gasteiger charge is -2.26. The Hall–Kier alpha value is -2.93. The van der Waals surface area contributed by atoms with E-state index in [-0.39, 0.29) is 12.3 Å². The Labute approximate surface area is 178 Å². The van der Waals surface area contributed by atoms with Crippen LogP contribution in [0.25, 0.3) is 6.08 Å². The second-order valence-electron chi connectivity index (χ2n) is 8.06. The van der Waals surface area contributed by atoms with Crippen LogP contribution in [-0.2, 0) is 30.3 Å². The van der Waals surface area contributed by atoms with E-state index in [9.17, 15) is 14.4 Å². The third-order valence-electron chi connectivity index (χ3n) is 4.82. The summed E-state index contributed by atoms with van der Waals surface area (Å²) >= 11 is 0. The van der Waals surface area contributed by atoms with E-state index in [4.69, 9.17) is 9.47 Å². The summed E-state index contributed by atoms with van der Waals surface area (Å²) in [6, 6.07) is 7.71. The molecule has 1 aliphatic heterocycles. The molecule has 30 heavy (non-hydrogen) atoms. The van der Waals surface area contributed by atoms with E-state index in [1.54, 1.807) is 0 Å². The Morgan fingerprint density at radius 1 is 1.03 bits per heavy atom. The predicted octanol–water partition coefficient (Wildman–Crippen LogP) is 3.21. The Balaban J connectivity index is 2.83. The highest BCUT2D eigenvalue weighted by Crippen LogP contribution is 2.33. The molecule has 2 rings (SSSR count). The van der Waals surface area contributed by atoms with Gasteiger partial charge in [-0.05, 0) is 28.7 Å².